The van der Waals surface area contributed by atoms with Crippen LogP contribution in [-0.4, -0.2) is 16.9 Å². The Balaban J connectivity index is 2.11. The van der Waals surface area contributed by atoms with E-state index in [4.69, 9.17) is 4.74 Å². The van der Waals surface area contributed by atoms with Gasteiger partial charge in [-0.25, -0.2) is 0 Å². The van der Waals surface area contributed by atoms with Crippen molar-refractivity contribution in [2.45, 2.75) is 33.1 Å². The van der Waals surface area contributed by atoms with E-state index in [2.05, 4.69) is 35.1 Å². The topological polar surface area (TPSA) is 54.4 Å². The van der Waals surface area contributed by atoms with E-state index in [1.807, 2.05) is 0 Å². The number of carbonyl (C=O) groups excluding carboxylic acids is 1. The van der Waals surface area contributed by atoms with Gasteiger partial charge in [-0.2, -0.15) is 4.99 Å². The monoisotopic (exact) mass is 256 g/mol. The van der Waals surface area contributed by atoms with E-state index in [1.54, 1.807) is 0 Å². The van der Waals surface area contributed by atoms with Crippen LogP contribution in [0.25, 0.3) is 10.9 Å². The average molecular weight is 256 g/mol. The number of aliphatic imine (C=N–C) groups is 1. The van der Waals surface area contributed by atoms with Gasteiger partial charge >= 0.3 is 5.97 Å². The van der Waals surface area contributed by atoms with Crippen molar-refractivity contribution < 1.29 is 9.53 Å². The van der Waals surface area contributed by atoms with Crippen LogP contribution in [0.2, 0.25) is 0 Å². The van der Waals surface area contributed by atoms with Crippen LogP contribution in [0.5, 0.6) is 0 Å². The van der Waals surface area contributed by atoms with Crippen molar-refractivity contribution in [2.75, 3.05) is 0 Å². The van der Waals surface area contributed by atoms with Gasteiger partial charge in [0.25, 0.3) is 0 Å². The van der Waals surface area contributed by atoms with Gasteiger partial charge in [-0.15, -0.1) is 0 Å². The number of nitrogens with one attached hydrogen (secondary N) is 1. The van der Waals surface area contributed by atoms with Gasteiger partial charge in [-0.3, -0.25) is 4.79 Å². The van der Waals surface area contributed by atoms with E-state index in [1.165, 1.54) is 23.4 Å². The SMILES string of the molecule is CC(=O)OC1=Nc2[nH]c3ccc(C)cc3c2CCC1. The number of hydrogen-bond acceptors (Lipinski definition) is 3. The molecule has 4 heteroatoms. The van der Waals surface area contributed by atoms with Crippen molar-refractivity contribution >= 4 is 28.6 Å². The number of carbonyl (C=O) groups is 1. The lowest BCUT2D eigenvalue weighted by molar-refractivity contribution is -0.133. The summed E-state index contributed by atoms with van der Waals surface area (Å²) in [7, 11) is 0. The van der Waals surface area contributed by atoms with Crippen LogP contribution in [0.15, 0.2) is 23.2 Å². The molecule has 0 radical (unpaired) electrons. The molecule has 0 saturated carbocycles. The van der Waals surface area contributed by atoms with Gasteiger partial charge < -0.3 is 9.72 Å². The fourth-order valence-electron chi connectivity index (χ4n) is 2.53. The van der Waals surface area contributed by atoms with Gasteiger partial charge in [0.15, 0.2) is 5.90 Å². The van der Waals surface area contributed by atoms with E-state index < -0.39 is 0 Å². The number of rotatable bonds is 0. The number of esters is 1. The Morgan fingerprint density at radius 1 is 1.37 bits per heavy atom. The fourth-order valence-corrected chi connectivity index (χ4v) is 2.53. The molecule has 0 spiro atoms. The largest absolute Gasteiger partial charge is 0.412 e. The number of fused-ring (bicyclic) bond motifs is 3. The molecule has 1 aromatic heterocycles. The summed E-state index contributed by atoms with van der Waals surface area (Å²) in [5, 5.41) is 1.22. The zero-order valence-corrected chi connectivity index (χ0v) is 11.1. The molecule has 2 heterocycles. The minimum atomic E-state index is -0.311. The van der Waals surface area contributed by atoms with Crippen LogP contribution in [0.4, 0.5) is 5.82 Å². The van der Waals surface area contributed by atoms with Crippen LogP contribution in [0.1, 0.15) is 30.9 Å². The molecule has 19 heavy (non-hydrogen) atoms. The normalized spacial score (nSPS) is 14.7. The molecule has 0 aliphatic carbocycles. The molecule has 1 aliphatic rings. The van der Waals surface area contributed by atoms with E-state index in [0.717, 1.165) is 24.2 Å². The number of aromatic amines is 1. The van der Waals surface area contributed by atoms with E-state index in [9.17, 15) is 4.79 Å². The molecule has 3 rings (SSSR count). The van der Waals surface area contributed by atoms with Crippen molar-refractivity contribution in [3.63, 3.8) is 0 Å². The number of ether oxygens (including phenoxy) is 1. The van der Waals surface area contributed by atoms with E-state index in [0.29, 0.717) is 12.3 Å². The third-order valence-corrected chi connectivity index (χ3v) is 3.35. The standard InChI is InChI=1S/C15H16N2O2/c1-9-6-7-13-12(8-9)11-4-3-5-14(19-10(2)18)17-15(11)16-13/h6-8,16H,3-5H2,1-2H3. The summed E-state index contributed by atoms with van der Waals surface area (Å²) < 4.78 is 5.14. The number of hydrogen-bond donors (Lipinski definition) is 1. The third-order valence-electron chi connectivity index (χ3n) is 3.35. The highest BCUT2D eigenvalue weighted by atomic mass is 16.5. The summed E-state index contributed by atoms with van der Waals surface area (Å²) >= 11 is 0. The summed E-state index contributed by atoms with van der Waals surface area (Å²) in [6, 6.07) is 6.33. The minimum absolute atomic E-state index is 0.311. The maximum Gasteiger partial charge on any atom is 0.309 e. The highest BCUT2D eigenvalue weighted by Gasteiger charge is 2.17. The van der Waals surface area contributed by atoms with Crippen LogP contribution < -0.4 is 0 Å². The number of benzene rings is 1. The van der Waals surface area contributed by atoms with E-state index >= 15 is 0 Å². The third kappa shape index (κ3) is 2.26. The Morgan fingerprint density at radius 3 is 3.00 bits per heavy atom. The Bertz CT molecular complexity index is 683. The molecule has 0 atom stereocenters. The molecular weight excluding hydrogens is 240 g/mol. The van der Waals surface area contributed by atoms with Crippen LogP contribution in [0.3, 0.4) is 0 Å². The second-order valence-electron chi connectivity index (χ2n) is 4.95. The fraction of sp³-hybridized carbons (Fsp3) is 0.333. The summed E-state index contributed by atoms with van der Waals surface area (Å²) in [4.78, 5) is 18.8. The van der Waals surface area contributed by atoms with Crippen LogP contribution >= 0.6 is 0 Å². The highest BCUT2D eigenvalue weighted by molar-refractivity contribution is 5.94. The van der Waals surface area contributed by atoms with Crippen molar-refractivity contribution in [3.8, 4) is 0 Å². The van der Waals surface area contributed by atoms with Gasteiger partial charge in [-0.05, 0) is 31.9 Å². The number of aryl methyl sites for hydroxylation is 2. The summed E-state index contributed by atoms with van der Waals surface area (Å²) in [6.07, 6.45) is 2.60. The van der Waals surface area contributed by atoms with Crippen LogP contribution in [0, 0.1) is 6.92 Å². The quantitative estimate of drug-likeness (QED) is 0.734. The molecule has 0 unspecified atom stereocenters. The number of H-pyrrole nitrogens is 1. The first-order chi connectivity index (χ1) is 9.13. The van der Waals surface area contributed by atoms with Gasteiger partial charge in [0.2, 0.25) is 0 Å². The van der Waals surface area contributed by atoms with Crippen LogP contribution in [-0.2, 0) is 16.0 Å². The molecule has 2 aromatic rings. The summed E-state index contributed by atoms with van der Waals surface area (Å²) in [5.41, 5.74) is 3.55. The number of nitrogens with zero attached hydrogens (tertiary/aromatic N) is 1. The average Bonchev–Trinajstić information content (AvgIpc) is 2.54. The first-order valence-corrected chi connectivity index (χ1v) is 6.50. The van der Waals surface area contributed by atoms with Gasteiger partial charge in [-0.1, -0.05) is 11.6 Å². The zero-order valence-electron chi connectivity index (χ0n) is 11.1. The zero-order chi connectivity index (χ0) is 13.4. The van der Waals surface area contributed by atoms with Gasteiger partial charge in [0, 0.05) is 29.8 Å². The maximum atomic E-state index is 11.0. The Labute approximate surface area is 111 Å². The molecule has 0 bridgehead atoms. The molecule has 1 N–H and O–H groups in total. The molecule has 0 amide bonds. The predicted octanol–water partition coefficient (Wildman–Crippen LogP) is 3.41. The second-order valence-corrected chi connectivity index (χ2v) is 4.95. The second kappa shape index (κ2) is 4.53. The lowest BCUT2D eigenvalue weighted by Crippen LogP contribution is -2.08. The highest BCUT2D eigenvalue weighted by Crippen LogP contribution is 2.32. The lowest BCUT2D eigenvalue weighted by atomic mass is 10.1. The molecular formula is C15H16N2O2. The lowest BCUT2D eigenvalue weighted by Gasteiger charge is -2.01. The Morgan fingerprint density at radius 2 is 2.21 bits per heavy atom. The maximum absolute atomic E-state index is 11.0. The molecule has 1 aromatic carbocycles. The summed E-state index contributed by atoms with van der Waals surface area (Å²) in [6.45, 7) is 3.49. The minimum Gasteiger partial charge on any atom is -0.412 e. The first-order valence-electron chi connectivity index (χ1n) is 6.50. The molecule has 1 aliphatic heterocycles. The molecule has 4 nitrogen and oxygen atoms in total. The molecule has 98 valence electrons. The smallest absolute Gasteiger partial charge is 0.309 e. The molecule has 0 saturated heterocycles. The van der Waals surface area contributed by atoms with Crippen molar-refractivity contribution in [3.05, 3.63) is 29.3 Å². The van der Waals surface area contributed by atoms with Crippen molar-refractivity contribution in [1.82, 2.24) is 4.98 Å². The molecule has 0 fully saturated rings. The first kappa shape index (κ1) is 12.0. The van der Waals surface area contributed by atoms with E-state index in [-0.39, 0.29) is 5.97 Å². The Kier molecular flexibility index (Phi) is 2.85. The summed E-state index contributed by atoms with van der Waals surface area (Å²) in [5.74, 6) is 1.03. The number of aromatic nitrogens is 1. The van der Waals surface area contributed by atoms with Gasteiger partial charge in [0.1, 0.15) is 5.82 Å². The Hall–Kier alpha value is -2.10. The van der Waals surface area contributed by atoms with Crippen molar-refractivity contribution in [1.29, 1.82) is 0 Å². The van der Waals surface area contributed by atoms with Crippen molar-refractivity contribution in [2.24, 2.45) is 4.99 Å². The predicted molar refractivity (Wildman–Crippen MR) is 74.8 cm³/mol. The van der Waals surface area contributed by atoms with Gasteiger partial charge in [0.05, 0.1) is 0 Å².